The third kappa shape index (κ3) is 4.73. The number of esters is 2. The molecule has 2 atom stereocenters. The first-order valence-corrected chi connectivity index (χ1v) is 6.41. The number of carbonyl (C=O) groups excluding carboxylic acids is 2. The van der Waals surface area contributed by atoms with Gasteiger partial charge in [0, 0.05) is 6.92 Å². The van der Waals surface area contributed by atoms with Gasteiger partial charge in [0.25, 0.3) is 0 Å². The van der Waals surface area contributed by atoms with Crippen LogP contribution in [-0.2, 0) is 20.7 Å². The van der Waals surface area contributed by atoms with Crippen LogP contribution in [-0.4, -0.2) is 24.1 Å². The highest BCUT2D eigenvalue weighted by molar-refractivity contribution is 5.89. The molecule has 0 aliphatic heterocycles. The highest BCUT2D eigenvalue weighted by Crippen LogP contribution is 2.10. The van der Waals surface area contributed by atoms with Crippen LogP contribution >= 0.6 is 0 Å². The third-order valence-corrected chi connectivity index (χ3v) is 2.90. The second-order valence-electron chi connectivity index (χ2n) is 4.48. The fraction of sp³-hybridized carbons (Fsp3) is 0.467. The predicted molar refractivity (Wildman–Crippen MR) is 71.9 cm³/mol. The SMILES string of the molecule is CCc1ccc(C(=O)OC(C)C(C)OC(C)=O)cc1. The van der Waals surface area contributed by atoms with Gasteiger partial charge in [0.15, 0.2) is 0 Å². The number of rotatable bonds is 5. The number of hydrogen-bond donors (Lipinski definition) is 0. The first-order valence-electron chi connectivity index (χ1n) is 6.41. The molecule has 0 spiro atoms. The fourth-order valence-corrected chi connectivity index (χ4v) is 1.57. The van der Waals surface area contributed by atoms with Crippen molar-refractivity contribution < 1.29 is 19.1 Å². The summed E-state index contributed by atoms with van der Waals surface area (Å²) in [4.78, 5) is 22.7. The van der Waals surface area contributed by atoms with Gasteiger partial charge in [0.05, 0.1) is 5.56 Å². The van der Waals surface area contributed by atoms with Crippen molar-refractivity contribution in [2.45, 2.75) is 46.3 Å². The number of benzene rings is 1. The topological polar surface area (TPSA) is 52.6 Å². The van der Waals surface area contributed by atoms with E-state index in [4.69, 9.17) is 9.47 Å². The molecule has 0 radical (unpaired) electrons. The van der Waals surface area contributed by atoms with E-state index in [-0.39, 0.29) is 5.97 Å². The first-order chi connectivity index (χ1) is 8.93. The summed E-state index contributed by atoms with van der Waals surface area (Å²) in [6.07, 6.45) is -0.0199. The van der Waals surface area contributed by atoms with E-state index in [1.54, 1.807) is 26.0 Å². The van der Waals surface area contributed by atoms with Crippen LogP contribution in [0.2, 0.25) is 0 Å². The Morgan fingerprint density at radius 1 is 1.05 bits per heavy atom. The zero-order valence-electron chi connectivity index (χ0n) is 11.8. The van der Waals surface area contributed by atoms with Gasteiger partial charge in [-0.15, -0.1) is 0 Å². The predicted octanol–water partition coefficient (Wildman–Crippen LogP) is 2.75. The van der Waals surface area contributed by atoms with Gasteiger partial charge in [-0.1, -0.05) is 19.1 Å². The van der Waals surface area contributed by atoms with Crippen molar-refractivity contribution in [1.82, 2.24) is 0 Å². The molecule has 104 valence electrons. The van der Waals surface area contributed by atoms with E-state index >= 15 is 0 Å². The number of hydrogen-bond acceptors (Lipinski definition) is 4. The summed E-state index contributed by atoms with van der Waals surface area (Å²) in [7, 11) is 0. The van der Waals surface area contributed by atoms with Crippen molar-refractivity contribution in [3.63, 3.8) is 0 Å². The minimum atomic E-state index is -0.484. The highest BCUT2D eigenvalue weighted by atomic mass is 16.6. The molecule has 0 fully saturated rings. The lowest BCUT2D eigenvalue weighted by Gasteiger charge is -2.20. The normalized spacial score (nSPS) is 13.5. The van der Waals surface area contributed by atoms with E-state index in [2.05, 4.69) is 6.92 Å². The monoisotopic (exact) mass is 264 g/mol. The Bertz CT molecular complexity index is 436. The summed E-state index contributed by atoms with van der Waals surface area (Å²) >= 11 is 0. The van der Waals surface area contributed by atoms with E-state index in [1.807, 2.05) is 12.1 Å². The second-order valence-corrected chi connectivity index (χ2v) is 4.48. The second kappa shape index (κ2) is 6.92. The van der Waals surface area contributed by atoms with Crippen molar-refractivity contribution in [2.24, 2.45) is 0 Å². The van der Waals surface area contributed by atoms with Gasteiger partial charge < -0.3 is 9.47 Å². The van der Waals surface area contributed by atoms with Crippen LogP contribution in [0.4, 0.5) is 0 Å². The molecule has 4 heteroatoms. The smallest absolute Gasteiger partial charge is 0.338 e. The molecule has 0 aliphatic rings. The molecule has 19 heavy (non-hydrogen) atoms. The van der Waals surface area contributed by atoms with E-state index in [0.29, 0.717) is 5.56 Å². The Kier molecular flexibility index (Phi) is 5.55. The standard InChI is InChI=1S/C15H20O4/c1-5-13-6-8-14(9-7-13)15(17)19-11(3)10(2)18-12(4)16/h6-11H,5H2,1-4H3. The van der Waals surface area contributed by atoms with E-state index in [1.165, 1.54) is 6.92 Å². The molecule has 0 amide bonds. The number of aryl methyl sites for hydroxylation is 1. The van der Waals surface area contributed by atoms with Crippen LogP contribution in [0.15, 0.2) is 24.3 Å². The van der Waals surface area contributed by atoms with Gasteiger partial charge in [0.2, 0.25) is 0 Å². The molecular formula is C15H20O4. The van der Waals surface area contributed by atoms with Gasteiger partial charge in [-0.25, -0.2) is 4.79 Å². The Morgan fingerprint density at radius 3 is 2.05 bits per heavy atom. The third-order valence-electron chi connectivity index (χ3n) is 2.90. The first kappa shape index (κ1) is 15.2. The van der Waals surface area contributed by atoms with Gasteiger partial charge in [0.1, 0.15) is 12.2 Å². The Balaban J connectivity index is 2.60. The lowest BCUT2D eigenvalue weighted by molar-refractivity contribution is -0.150. The Morgan fingerprint density at radius 2 is 1.58 bits per heavy atom. The maximum absolute atomic E-state index is 11.9. The van der Waals surface area contributed by atoms with Gasteiger partial charge in [-0.2, -0.15) is 0 Å². The summed E-state index contributed by atoms with van der Waals surface area (Å²) in [5.74, 6) is -0.795. The zero-order chi connectivity index (χ0) is 14.4. The van der Waals surface area contributed by atoms with Crippen molar-refractivity contribution in [3.05, 3.63) is 35.4 Å². The molecule has 4 nitrogen and oxygen atoms in total. The van der Waals surface area contributed by atoms with Crippen molar-refractivity contribution in [2.75, 3.05) is 0 Å². The molecule has 2 unspecified atom stereocenters. The van der Waals surface area contributed by atoms with Crippen LogP contribution in [0.25, 0.3) is 0 Å². The maximum Gasteiger partial charge on any atom is 0.338 e. The highest BCUT2D eigenvalue weighted by Gasteiger charge is 2.20. The molecule has 0 bridgehead atoms. The van der Waals surface area contributed by atoms with Gasteiger partial charge in [-0.05, 0) is 38.0 Å². The lowest BCUT2D eigenvalue weighted by Crippen LogP contribution is -2.30. The van der Waals surface area contributed by atoms with Crippen molar-refractivity contribution in [1.29, 1.82) is 0 Å². The average Bonchev–Trinajstić information content (AvgIpc) is 2.37. The van der Waals surface area contributed by atoms with Crippen LogP contribution in [0.1, 0.15) is 43.6 Å². The van der Waals surface area contributed by atoms with Crippen molar-refractivity contribution >= 4 is 11.9 Å². The van der Waals surface area contributed by atoms with Gasteiger partial charge >= 0.3 is 11.9 Å². The summed E-state index contributed by atoms with van der Waals surface area (Å²) in [5, 5.41) is 0. The quantitative estimate of drug-likeness (QED) is 0.767. The van der Waals surface area contributed by atoms with Crippen LogP contribution in [0.3, 0.4) is 0 Å². The maximum atomic E-state index is 11.9. The molecule has 0 heterocycles. The number of carbonyl (C=O) groups is 2. The van der Waals surface area contributed by atoms with Crippen LogP contribution < -0.4 is 0 Å². The Labute approximate surface area is 113 Å². The van der Waals surface area contributed by atoms with Gasteiger partial charge in [-0.3, -0.25) is 4.79 Å². The van der Waals surface area contributed by atoms with Crippen molar-refractivity contribution in [3.8, 4) is 0 Å². The molecular weight excluding hydrogens is 244 g/mol. The van der Waals surface area contributed by atoms with Crippen LogP contribution in [0, 0.1) is 0 Å². The molecule has 0 aliphatic carbocycles. The van der Waals surface area contributed by atoms with Crippen LogP contribution in [0.5, 0.6) is 0 Å². The molecule has 0 aromatic heterocycles. The minimum absolute atomic E-state index is 0.386. The Hall–Kier alpha value is -1.84. The molecule has 1 aromatic rings. The molecule has 0 N–H and O–H groups in total. The zero-order valence-corrected chi connectivity index (χ0v) is 11.8. The average molecular weight is 264 g/mol. The number of ether oxygens (including phenoxy) is 2. The summed E-state index contributed by atoms with van der Waals surface area (Å²) < 4.78 is 10.2. The summed E-state index contributed by atoms with van der Waals surface area (Å²) in [6, 6.07) is 7.28. The summed E-state index contributed by atoms with van der Waals surface area (Å²) in [6.45, 7) is 6.77. The minimum Gasteiger partial charge on any atom is -0.459 e. The molecule has 1 rings (SSSR count). The fourth-order valence-electron chi connectivity index (χ4n) is 1.57. The van der Waals surface area contributed by atoms with E-state index in [0.717, 1.165) is 12.0 Å². The summed E-state index contributed by atoms with van der Waals surface area (Å²) in [5.41, 5.74) is 1.66. The molecule has 1 aromatic carbocycles. The van der Waals surface area contributed by atoms with E-state index < -0.39 is 18.2 Å². The van der Waals surface area contributed by atoms with E-state index in [9.17, 15) is 9.59 Å². The molecule has 0 saturated carbocycles. The molecule has 0 saturated heterocycles. The lowest BCUT2D eigenvalue weighted by atomic mass is 10.1. The largest absolute Gasteiger partial charge is 0.459 e.